The Morgan fingerprint density at radius 3 is 2.68 bits per heavy atom. The van der Waals surface area contributed by atoms with E-state index in [1.54, 1.807) is 0 Å². The van der Waals surface area contributed by atoms with Crippen molar-refractivity contribution in [2.45, 2.75) is 25.8 Å². The lowest BCUT2D eigenvalue weighted by Crippen LogP contribution is -2.46. The number of amides is 1. The van der Waals surface area contributed by atoms with E-state index in [1.165, 1.54) is 5.56 Å². The molecule has 1 atom stereocenters. The van der Waals surface area contributed by atoms with Gasteiger partial charge in [-0.05, 0) is 17.5 Å². The lowest BCUT2D eigenvalue weighted by molar-refractivity contribution is -0.121. The van der Waals surface area contributed by atoms with E-state index in [2.05, 4.69) is 41.5 Å². The van der Waals surface area contributed by atoms with E-state index in [4.69, 9.17) is 0 Å². The molecule has 0 aromatic heterocycles. The molecule has 1 fully saturated rings. The summed E-state index contributed by atoms with van der Waals surface area (Å²) in [7, 11) is 0. The van der Waals surface area contributed by atoms with Gasteiger partial charge in [0, 0.05) is 37.4 Å². The van der Waals surface area contributed by atoms with Crippen LogP contribution in [0, 0.1) is 0 Å². The van der Waals surface area contributed by atoms with Crippen molar-refractivity contribution >= 4 is 11.6 Å². The van der Waals surface area contributed by atoms with Crippen LogP contribution in [0.2, 0.25) is 0 Å². The fourth-order valence-electron chi connectivity index (χ4n) is 2.93. The van der Waals surface area contributed by atoms with Crippen LogP contribution < -0.4 is 10.6 Å². The van der Waals surface area contributed by atoms with Gasteiger partial charge in [-0.3, -0.25) is 9.69 Å². The zero-order valence-corrected chi connectivity index (χ0v) is 11.6. The smallest absolute Gasteiger partial charge is 0.246 e. The lowest BCUT2D eigenvalue weighted by atomic mass is 9.97. The van der Waals surface area contributed by atoms with Crippen LogP contribution >= 0.6 is 0 Å². The molecule has 0 radical (unpaired) electrons. The molecule has 3 rings (SSSR count). The number of hydrogen-bond donors (Lipinski definition) is 2. The maximum absolute atomic E-state index is 12.2. The maximum atomic E-state index is 12.2. The summed E-state index contributed by atoms with van der Waals surface area (Å²) in [6.45, 7) is 8.16. The predicted octanol–water partition coefficient (Wildman–Crippen LogP) is 1.71. The summed E-state index contributed by atoms with van der Waals surface area (Å²) in [5.41, 5.74) is 3.44. The number of rotatable bonds is 2. The van der Waals surface area contributed by atoms with Crippen LogP contribution in [0.3, 0.4) is 0 Å². The number of anilines is 1. The maximum Gasteiger partial charge on any atom is 0.246 e. The van der Waals surface area contributed by atoms with Gasteiger partial charge in [0.25, 0.3) is 0 Å². The summed E-state index contributed by atoms with van der Waals surface area (Å²) in [5.74, 6) is 0.613. The molecule has 102 valence electrons. The molecular weight excluding hydrogens is 238 g/mol. The van der Waals surface area contributed by atoms with Crippen molar-refractivity contribution in [2.75, 3.05) is 31.5 Å². The number of carbonyl (C=O) groups is 1. The van der Waals surface area contributed by atoms with E-state index in [1.807, 2.05) is 6.07 Å². The van der Waals surface area contributed by atoms with Gasteiger partial charge < -0.3 is 10.6 Å². The summed E-state index contributed by atoms with van der Waals surface area (Å²) in [4.78, 5) is 14.5. The summed E-state index contributed by atoms with van der Waals surface area (Å²) in [6.07, 6.45) is 0. The third kappa shape index (κ3) is 2.26. The van der Waals surface area contributed by atoms with Crippen LogP contribution in [0.4, 0.5) is 5.69 Å². The SMILES string of the molecule is CC(C)c1ccc2c(c1)C(N1CCNCC1)C(=O)N2. The minimum Gasteiger partial charge on any atom is -0.324 e. The first-order valence-electron chi connectivity index (χ1n) is 7.06. The van der Waals surface area contributed by atoms with Gasteiger partial charge in [-0.15, -0.1) is 0 Å². The average Bonchev–Trinajstić information content (AvgIpc) is 2.74. The molecule has 2 N–H and O–H groups in total. The molecule has 1 unspecified atom stereocenters. The number of piperazine rings is 1. The molecule has 0 saturated carbocycles. The highest BCUT2D eigenvalue weighted by Gasteiger charge is 2.35. The molecule has 0 spiro atoms. The standard InChI is InChI=1S/C15H21N3O/c1-10(2)11-3-4-13-12(9-11)14(15(19)17-13)18-7-5-16-6-8-18/h3-4,9-10,14,16H,5-8H2,1-2H3,(H,17,19). The Morgan fingerprint density at radius 1 is 1.26 bits per heavy atom. The Hall–Kier alpha value is -1.39. The van der Waals surface area contributed by atoms with Gasteiger partial charge in [0.15, 0.2) is 0 Å². The molecular formula is C15H21N3O. The van der Waals surface area contributed by atoms with Crippen molar-refractivity contribution in [3.63, 3.8) is 0 Å². The number of carbonyl (C=O) groups excluding carboxylic acids is 1. The molecule has 4 heteroatoms. The van der Waals surface area contributed by atoms with Gasteiger partial charge >= 0.3 is 0 Å². The van der Waals surface area contributed by atoms with E-state index in [0.717, 1.165) is 37.4 Å². The second kappa shape index (κ2) is 4.94. The Labute approximate surface area is 114 Å². The highest BCUT2D eigenvalue weighted by molar-refractivity contribution is 6.02. The third-order valence-corrected chi connectivity index (χ3v) is 4.06. The predicted molar refractivity (Wildman–Crippen MR) is 76.3 cm³/mol. The van der Waals surface area contributed by atoms with E-state index < -0.39 is 0 Å². The highest BCUT2D eigenvalue weighted by atomic mass is 16.2. The highest BCUT2D eigenvalue weighted by Crippen LogP contribution is 2.36. The molecule has 2 aliphatic heterocycles. The van der Waals surface area contributed by atoms with Gasteiger partial charge in [-0.1, -0.05) is 26.0 Å². The molecule has 19 heavy (non-hydrogen) atoms. The molecule has 1 aromatic rings. The Kier molecular flexibility index (Phi) is 3.29. The van der Waals surface area contributed by atoms with Crippen LogP contribution in [0.1, 0.15) is 36.9 Å². The number of benzene rings is 1. The largest absolute Gasteiger partial charge is 0.324 e. The van der Waals surface area contributed by atoms with Gasteiger partial charge in [-0.25, -0.2) is 0 Å². The Balaban J connectivity index is 1.94. The fourth-order valence-corrected chi connectivity index (χ4v) is 2.93. The number of nitrogens with one attached hydrogen (secondary N) is 2. The molecule has 1 saturated heterocycles. The first-order chi connectivity index (χ1) is 9.16. The first kappa shape index (κ1) is 12.6. The molecule has 0 aliphatic carbocycles. The zero-order chi connectivity index (χ0) is 13.4. The Bertz CT molecular complexity index is 492. The van der Waals surface area contributed by atoms with Crippen LogP contribution in [-0.2, 0) is 4.79 Å². The first-order valence-corrected chi connectivity index (χ1v) is 7.06. The van der Waals surface area contributed by atoms with E-state index in [-0.39, 0.29) is 11.9 Å². The summed E-state index contributed by atoms with van der Waals surface area (Å²) in [6, 6.07) is 6.26. The van der Waals surface area contributed by atoms with Gasteiger partial charge in [0.05, 0.1) is 0 Å². The van der Waals surface area contributed by atoms with Crippen molar-refractivity contribution in [1.82, 2.24) is 10.2 Å². The van der Waals surface area contributed by atoms with Crippen LogP contribution in [0.25, 0.3) is 0 Å². The van der Waals surface area contributed by atoms with Crippen molar-refractivity contribution in [2.24, 2.45) is 0 Å². The van der Waals surface area contributed by atoms with E-state index in [0.29, 0.717) is 5.92 Å². The van der Waals surface area contributed by atoms with Crippen LogP contribution in [-0.4, -0.2) is 37.0 Å². The molecule has 1 aromatic carbocycles. The van der Waals surface area contributed by atoms with Crippen LogP contribution in [0.5, 0.6) is 0 Å². The minimum atomic E-state index is -0.101. The zero-order valence-electron chi connectivity index (χ0n) is 11.6. The number of hydrogen-bond acceptors (Lipinski definition) is 3. The summed E-state index contributed by atoms with van der Waals surface area (Å²) >= 11 is 0. The van der Waals surface area contributed by atoms with Crippen LogP contribution in [0.15, 0.2) is 18.2 Å². The lowest BCUT2D eigenvalue weighted by Gasteiger charge is -2.31. The third-order valence-electron chi connectivity index (χ3n) is 4.06. The number of nitrogens with zero attached hydrogens (tertiary/aromatic N) is 1. The monoisotopic (exact) mass is 259 g/mol. The quantitative estimate of drug-likeness (QED) is 0.850. The number of fused-ring (bicyclic) bond motifs is 1. The van der Waals surface area contributed by atoms with Crippen molar-refractivity contribution < 1.29 is 4.79 Å². The topological polar surface area (TPSA) is 44.4 Å². The molecule has 0 bridgehead atoms. The average molecular weight is 259 g/mol. The molecule has 4 nitrogen and oxygen atoms in total. The van der Waals surface area contributed by atoms with Gasteiger partial charge in [0.1, 0.15) is 6.04 Å². The minimum absolute atomic E-state index is 0.101. The van der Waals surface area contributed by atoms with Crippen molar-refractivity contribution in [3.8, 4) is 0 Å². The normalized spacial score (nSPS) is 23.5. The second-order valence-corrected chi connectivity index (χ2v) is 5.68. The van der Waals surface area contributed by atoms with Gasteiger partial charge in [-0.2, -0.15) is 0 Å². The molecule has 2 heterocycles. The fraction of sp³-hybridized carbons (Fsp3) is 0.533. The Morgan fingerprint density at radius 2 is 2.00 bits per heavy atom. The second-order valence-electron chi connectivity index (χ2n) is 5.68. The molecule has 1 amide bonds. The van der Waals surface area contributed by atoms with E-state index >= 15 is 0 Å². The van der Waals surface area contributed by atoms with Crippen molar-refractivity contribution in [3.05, 3.63) is 29.3 Å². The van der Waals surface area contributed by atoms with E-state index in [9.17, 15) is 4.79 Å². The molecule has 2 aliphatic rings. The van der Waals surface area contributed by atoms with Gasteiger partial charge in [0.2, 0.25) is 5.91 Å². The van der Waals surface area contributed by atoms with Crippen molar-refractivity contribution in [1.29, 1.82) is 0 Å². The summed E-state index contributed by atoms with van der Waals surface area (Å²) in [5, 5.41) is 6.34. The summed E-state index contributed by atoms with van der Waals surface area (Å²) < 4.78 is 0.